The highest BCUT2D eigenvalue weighted by molar-refractivity contribution is 6.12. The first-order valence-corrected chi connectivity index (χ1v) is 6.83. The van der Waals surface area contributed by atoms with Crippen molar-refractivity contribution in [2.45, 2.75) is 19.8 Å². The van der Waals surface area contributed by atoms with Crippen molar-refractivity contribution in [3.8, 4) is 11.5 Å². The van der Waals surface area contributed by atoms with Gasteiger partial charge in [0.05, 0.1) is 12.0 Å². The van der Waals surface area contributed by atoms with Gasteiger partial charge in [0, 0.05) is 11.6 Å². The van der Waals surface area contributed by atoms with Crippen molar-refractivity contribution in [3.63, 3.8) is 0 Å². The fraction of sp³-hybridized carbons (Fsp3) is 0.176. The largest absolute Gasteiger partial charge is 0.508 e. The number of hydrogen-bond acceptors (Lipinski definition) is 4. The Balaban J connectivity index is 2.68. The minimum Gasteiger partial charge on any atom is -0.508 e. The fourth-order valence-corrected chi connectivity index (χ4v) is 2.48. The number of carboxylic acids is 1. The molecule has 0 spiro atoms. The number of phenolic OH excluding ortho intramolecular Hbond substituents is 2. The molecule has 0 bridgehead atoms. The molecule has 0 atom stereocenters. The topological polar surface area (TPSA) is 94.8 Å². The summed E-state index contributed by atoms with van der Waals surface area (Å²) in [6.07, 6.45) is -0.0944. The molecule has 0 heterocycles. The van der Waals surface area contributed by atoms with E-state index in [0.29, 0.717) is 17.5 Å². The zero-order chi connectivity index (χ0) is 16.3. The standard InChI is InChI=1S/C17H16O5/c1-2-11-12(8-15(20)21)16(14(19)9-13(11)18)17(22)10-6-4-3-5-7-10/h3-7,9,18-19H,2,8H2,1H3,(H,20,21). The zero-order valence-corrected chi connectivity index (χ0v) is 12.0. The Morgan fingerprint density at radius 1 is 1.00 bits per heavy atom. The van der Waals surface area contributed by atoms with Gasteiger partial charge in [-0.15, -0.1) is 0 Å². The summed E-state index contributed by atoms with van der Waals surface area (Å²) in [5.74, 6) is -2.23. The summed E-state index contributed by atoms with van der Waals surface area (Å²) >= 11 is 0. The summed E-state index contributed by atoms with van der Waals surface area (Å²) < 4.78 is 0. The quantitative estimate of drug-likeness (QED) is 0.737. The average Bonchev–Trinajstić information content (AvgIpc) is 2.47. The molecule has 0 unspecified atom stereocenters. The smallest absolute Gasteiger partial charge is 0.307 e. The Labute approximate surface area is 127 Å². The number of rotatable bonds is 5. The van der Waals surface area contributed by atoms with E-state index in [1.165, 1.54) is 0 Å². The van der Waals surface area contributed by atoms with Crippen LogP contribution in [0.2, 0.25) is 0 Å². The number of benzene rings is 2. The van der Waals surface area contributed by atoms with E-state index in [4.69, 9.17) is 5.11 Å². The van der Waals surface area contributed by atoms with Crippen molar-refractivity contribution >= 4 is 11.8 Å². The highest BCUT2D eigenvalue weighted by atomic mass is 16.4. The van der Waals surface area contributed by atoms with Gasteiger partial charge in [-0.05, 0) is 17.5 Å². The Kier molecular flexibility index (Phi) is 4.46. The first kappa shape index (κ1) is 15.6. The lowest BCUT2D eigenvalue weighted by Gasteiger charge is -2.15. The molecule has 22 heavy (non-hydrogen) atoms. The van der Waals surface area contributed by atoms with E-state index in [0.717, 1.165) is 6.07 Å². The van der Waals surface area contributed by atoms with Crippen LogP contribution in [0.15, 0.2) is 36.4 Å². The lowest BCUT2D eigenvalue weighted by molar-refractivity contribution is -0.136. The average molecular weight is 300 g/mol. The number of hydrogen-bond donors (Lipinski definition) is 3. The van der Waals surface area contributed by atoms with Gasteiger partial charge < -0.3 is 15.3 Å². The molecule has 3 N–H and O–H groups in total. The number of ketones is 1. The maximum atomic E-state index is 12.6. The van der Waals surface area contributed by atoms with E-state index < -0.39 is 23.9 Å². The lowest BCUT2D eigenvalue weighted by Crippen LogP contribution is -2.12. The van der Waals surface area contributed by atoms with E-state index in [-0.39, 0.29) is 16.9 Å². The van der Waals surface area contributed by atoms with Gasteiger partial charge in [-0.1, -0.05) is 37.3 Å². The Hall–Kier alpha value is -2.82. The number of aliphatic carboxylic acids is 1. The normalized spacial score (nSPS) is 10.4. The van der Waals surface area contributed by atoms with Crippen LogP contribution in [-0.4, -0.2) is 27.1 Å². The van der Waals surface area contributed by atoms with Crippen LogP contribution in [0, 0.1) is 0 Å². The van der Waals surface area contributed by atoms with E-state index in [9.17, 15) is 19.8 Å². The first-order valence-electron chi connectivity index (χ1n) is 6.83. The summed E-state index contributed by atoms with van der Waals surface area (Å²) in [6, 6.07) is 9.38. The molecule has 2 aromatic carbocycles. The van der Waals surface area contributed by atoms with Gasteiger partial charge >= 0.3 is 5.97 Å². The monoisotopic (exact) mass is 300 g/mol. The minimum atomic E-state index is -1.14. The summed E-state index contributed by atoms with van der Waals surface area (Å²) in [6.45, 7) is 1.74. The molecule has 5 nitrogen and oxygen atoms in total. The molecule has 2 aromatic rings. The molecule has 114 valence electrons. The van der Waals surface area contributed by atoms with Gasteiger partial charge in [0.15, 0.2) is 5.78 Å². The summed E-state index contributed by atoms with van der Waals surface area (Å²) in [5.41, 5.74) is 0.793. The SMILES string of the molecule is CCc1c(O)cc(O)c(C(=O)c2ccccc2)c1CC(=O)O. The van der Waals surface area contributed by atoms with Crippen LogP contribution in [0.25, 0.3) is 0 Å². The van der Waals surface area contributed by atoms with Gasteiger partial charge in [-0.25, -0.2) is 0 Å². The van der Waals surface area contributed by atoms with Gasteiger partial charge in [-0.2, -0.15) is 0 Å². The highest BCUT2D eigenvalue weighted by Gasteiger charge is 2.24. The first-order chi connectivity index (χ1) is 10.5. The maximum Gasteiger partial charge on any atom is 0.307 e. The summed E-state index contributed by atoms with van der Waals surface area (Å²) in [7, 11) is 0. The van der Waals surface area contributed by atoms with E-state index >= 15 is 0 Å². The second-order valence-electron chi connectivity index (χ2n) is 4.87. The highest BCUT2D eigenvalue weighted by Crippen LogP contribution is 2.34. The summed E-state index contributed by atoms with van der Waals surface area (Å²) in [5, 5.41) is 29.0. The molecule has 0 aromatic heterocycles. The Morgan fingerprint density at radius 3 is 2.18 bits per heavy atom. The number of aromatic hydroxyl groups is 2. The maximum absolute atomic E-state index is 12.6. The van der Waals surface area contributed by atoms with Crippen LogP contribution >= 0.6 is 0 Å². The molecule has 0 radical (unpaired) electrons. The van der Waals surface area contributed by atoms with Gasteiger partial charge in [-0.3, -0.25) is 9.59 Å². The fourth-order valence-electron chi connectivity index (χ4n) is 2.48. The number of phenols is 2. The molecule has 0 saturated heterocycles. The molecule has 0 aliphatic rings. The van der Waals surface area contributed by atoms with Crippen molar-refractivity contribution in [1.29, 1.82) is 0 Å². The molecule has 0 aliphatic heterocycles. The van der Waals surface area contributed by atoms with Crippen molar-refractivity contribution in [3.05, 3.63) is 58.7 Å². The molecule has 0 amide bonds. The van der Waals surface area contributed by atoms with Crippen LogP contribution in [-0.2, 0) is 17.6 Å². The van der Waals surface area contributed by atoms with Crippen molar-refractivity contribution in [1.82, 2.24) is 0 Å². The van der Waals surface area contributed by atoms with E-state index in [2.05, 4.69) is 0 Å². The number of carboxylic acid groups (broad SMARTS) is 1. The molecule has 0 saturated carbocycles. The zero-order valence-electron chi connectivity index (χ0n) is 12.0. The second-order valence-corrected chi connectivity index (χ2v) is 4.87. The third kappa shape index (κ3) is 2.93. The number of carbonyl (C=O) groups is 2. The van der Waals surface area contributed by atoms with Crippen LogP contribution in [0.4, 0.5) is 0 Å². The molecular formula is C17H16O5. The third-order valence-corrected chi connectivity index (χ3v) is 3.45. The van der Waals surface area contributed by atoms with Gasteiger partial charge in [0.25, 0.3) is 0 Å². The lowest BCUT2D eigenvalue weighted by atomic mass is 9.90. The van der Waals surface area contributed by atoms with Crippen LogP contribution in [0.5, 0.6) is 11.5 Å². The van der Waals surface area contributed by atoms with Gasteiger partial charge in [0.2, 0.25) is 0 Å². The Morgan fingerprint density at radius 2 is 1.64 bits per heavy atom. The van der Waals surface area contributed by atoms with Crippen molar-refractivity contribution < 1.29 is 24.9 Å². The van der Waals surface area contributed by atoms with Gasteiger partial charge in [0.1, 0.15) is 11.5 Å². The third-order valence-electron chi connectivity index (χ3n) is 3.45. The second kappa shape index (κ2) is 6.30. The Bertz CT molecular complexity index is 720. The molecular weight excluding hydrogens is 284 g/mol. The predicted molar refractivity (Wildman–Crippen MR) is 80.4 cm³/mol. The predicted octanol–water partition coefficient (Wildman–Crippen LogP) is 2.52. The molecule has 0 fully saturated rings. The molecule has 0 aliphatic carbocycles. The summed E-state index contributed by atoms with van der Waals surface area (Å²) in [4.78, 5) is 23.7. The molecule has 2 rings (SSSR count). The van der Waals surface area contributed by atoms with Crippen molar-refractivity contribution in [2.24, 2.45) is 0 Å². The minimum absolute atomic E-state index is 0.0664. The van der Waals surface area contributed by atoms with E-state index in [1.54, 1.807) is 37.3 Å². The van der Waals surface area contributed by atoms with E-state index in [1.807, 2.05) is 0 Å². The van der Waals surface area contributed by atoms with Crippen LogP contribution < -0.4 is 0 Å². The molecule has 5 heteroatoms. The van der Waals surface area contributed by atoms with Crippen molar-refractivity contribution in [2.75, 3.05) is 0 Å². The number of carbonyl (C=O) groups excluding carboxylic acids is 1. The van der Waals surface area contributed by atoms with Crippen LogP contribution in [0.3, 0.4) is 0 Å². The van der Waals surface area contributed by atoms with Crippen LogP contribution in [0.1, 0.15) is 34.0 Å².